The van der Waals surface area contributed by atoms with Crippen molar-refractivity contribution < 1.29 is 0 Å². The van der Waals surface area contributed by atoms with E-state index in [2.05, 4.69) is 228 Å². The quantitative estimate of drug-likeness (QED) is 0.168. The van der Waals surface area contributed by atoms with Gasteiger partial charge in [-0.15, -0.1) is 0 Å². The largest absolute Gasteiger partial charge is 0.310 e. The molecule has 0 saturated carbocycles. The molecule has 1 spiro atoms. The highest BCUT2D eigenvalue weighted by Gasteiger charge is 2.51. The van der Waals surface area contributed by atoms with Crippen molar-refractivity contribution in [3.63, 3.8) is 0 Å². The smallest absolute Gasteiger partial charge is 0.0737 e. The van der Waals surface area contributed by atoms with Crippen molar-refractivity contribution in [2.45, 2.75) is 15.2 Å². The lowest BCUT2D eigenvalue weighted by Crippen LogP contribution is -2.32. The Labute approximate surface area is 332 Å². The molecule has 1 aliphatic carbocycles. The average molecular weight is 733 g/mol. The number of para-hydroxylation sites is 4. The minimum absolute atomic E-state index is 0.587. The Kier molecular flexibility index (Phi) is 7.68. The van der Waals surface area contributed by atoms with E-state index in [0.717, 1.165) is 34.1 Å². The molecular weight excluding hydrogens is 697 g/mol. The van der Waals surface area contributed by atoms with Crippen molar-refractivity contribution in [2.24, 2.45) is 0 Å². The summed E-state index contributed by atoms with van der Waals surface area (Å²) >= 11 is 1.91. The van der Waals surface area contributed by atoms with Crippen LogP contribution in [0.5, 0.6) is 0 Å². The van der Waals surface area contributed by atoms with Gasteiger partial charge in [-0.25, -0.2) is 0 Å². The SMILES string of the molecule is c1ccc(N(c2ccccc2)c2ccc3c(c2)C2(c4ccccc4-c4ccc(N(c5ccccc5)c5ccccc5)cc42)c2ccc4ccccc4c2S3)cc1. The van der Waals surface area contributed by atoms with Crippen LogP contribution in [0.2, 0.25) is 0 Å². The first-order valence-corrected chi connectivity index (χ1v) is 20.0. The number of rotatable bonds is 6. The number of hydrogen-bond donors (Lipinski definition) is 0. The first-order chi connectivity index (χ1) is 27.8. The summed E-state index contributed by atoms with van der Waals surface area (Å²) in [5.41, 5.74) is 14.0. The maximum Gasteiger partial charge on any atom is 0.0737 e. The maximum atomic E-state index is 2.48. The molecule has 3 heteroatoms. The molecule has 9 aromatic carbocycles. The molecule has 0 radical (unpaired) electrons. The van der Waals surface area contributed by atoms with E-state index in [4.69, 9.17) is 0 Å². The standard InChI is InChI=1S/C53H36N2S/c1-5-18-38(19-6-1)54(39-20-7-2-8-21-39)42-30-32-46-45-27-15-16-28-47(45)53(49(46)35-42)48-33-29-37-17-13-14-26-44(37)52(48)56-51-34-31-43(36-50(51)53)55(40-22-9-3-10-23-40)41-24-11-4-12-25-41/h1-36H. The van der Waals surface area contributed by atoms with Crippen LogP contribution in [0.3, 0.4) is 0 Å². The third kappa shape index (κ3) is 4.98. The van der Waals surface area contributed by atoms with Crippen LogP contribution in [0.25, 0.3) is 21.9 Å². The Balaban J connectivity index is 1.23. The Morgan fingerprint density at radius 3 is 1.41 bits per heavy atom. The van der Waals surface area contributed by atoms with Gasteiger partial charge in [0, 0.05) is 43.9 Å². The summed E-state index contributed by atoms with van der Waals surface area (Å²) in [7, 11) is 0. The number of anilines is 6. The fraction of sp³-hybridized carbons (Fsp3) is 0.0189. The molecular formula is C53H36N2S. The van der Waals surface area contributed by atoms with Crippen molar-refractivity contribution >= 4 is 56.7 Å². The molecule has 2 nitrogen and oxygen atoms in total. The van der Waals surface area contributed by atoms with Crippen molar-refractivity contribution in [1.82, 2.24) is 0 Å². The summed E-state index contributed by atoms with van der Waals surface area (Å²) in [5, 5.41) is 2.55. The minimum Gasteiger partial charge on any atom is -0.310 e. The topological polar surface area (TPSA) is 6.48 Å². The lowest BCUT2D eigenvalue weighted by Gasteiger charge is -2.41. The van der Waals surface area contributed by atoms with Gasteiger partial charge in [-0.1, -0.05) is 151 Å². The Bertz CT molecular complexity index is 2810. The molecule has 0 N–H and O–H groups in total. The third-order valence-corrected chi connectivity index (χ3v) is 12.7. The number of hydrogen-bond acceptors (Lipinski definition) is 3. The van der Waals surface area contributed by atoms with Gasteiger partial charge in [0.05, 0.1) is 5.41 Å². The predicted molar refractivity (Wildman–Crippen MR) is 235 cm³/mol. The fourth-order valence-electron chi connectivity index (χ4n) is 9.13. The third-order valence-electron chi connectivity index (χ3n) is 11.5. The molecule has 1 atom stereocenters. The van der Waals surface area contributed by atoms with E-state index < -0.39 is 5.41 Å². The van der Waals surface area contributed by atoms with Crippen LogP contribution in [0.1, 0.15) is 22.3 Å². The first kappa shape index (κ1) is 32.6. The normalized spacial score (nSPS) is 14.8. The minimum atomic E-state index is -0.587. The van der Waals surface area contributed by atoms with Gasteiger partial charge in [-0.05, 0) is 123 Å². The molecule has 1 heterocycles. The summed E-state index contributed by atoms with van der Waals surface area (Å²) in [6, 6.07) is 80.0. The molecule has 9 aromatic rings. The van der Waals surface area contributed by atoms with Crippen molar-refractivity contribution in [1.29, 1.82) is 0 Å². The lowest BCUT2D eigenvalue weighted by molar-refractivity contribution is 0.726. The van der Waals surface area contributed by atoms with Crippen molar-refractivity contribution in [3.05, 3.63) is 241 Å². The monoisotopic (exact) mass is 732 g/mol. The van der Waals surface area contributed by atoms with E-state index in [9.17, 15) is 0 Å². The lowest BCUT2D eigenvalue weighted by atomic mass is 9.67. The molecule has 0 fully saturated rings. The zero-order chi connectivity index (χ0) is 37.1. The summed E-state index contributed by atoms with van der Waals surface area (Å²) in [4.78, 5) is 7.37. The predicted octanol–water partition coefficient (Wildman–Crippen LogP) is 14.6. The van der Waals surface area contributed by atoms with Crippen molar-refractivity contribution in [2.75, 3.05) is 9.80 Å². The Morgan fingerprint density at radius 2 is 0.804 bits per heavy atom. The van der Waals surface area contributed by atoms with Crippen LogP contribution < -0.4 is 9.80 Å². The van der Waals surface area contributed by atoms with Gasteiger partial charge in [-0.2, -0.15) is 0 Å². The van der Waals surface area contributed by atoms with Gasteiger partial charge in [-0.3, -0.25) is 0 Å². The second kappa shape index (κ2) is 13.2. The van der Waals surface area contributed by atoms with E-state index >= 15 is 0 Å². The molecule has 1 unspecified atom stereocenters. The molecule has 0 saturated heterocycles. The summed E-state index contributed by atoms with van der Waals surface area (Å²) < 4.78 is 0. The molecule has 264 valence electrons. The van der Waals surface area contributed by atoms with Gasteiger partial charge >= 0.3 is 0 Å². The summed E-state index contributed by atoms with van der Waals surface area (Å²) in [6.45, 7) is 0. The Hall–Kier alpha value is -6.81. The molecule has 0 bridgehead atoms. The first-order valence-electron chi connectivity index (χ1n) is 19.2. The van der Waals surface area contributed by atoms with Crippen molar-refractivity contribution in [3.8, 4) is 11.1 Å². The fourth-order valence-corrected chi connectivity index (χ4v) is 10.4. The number of fused-ring (bicyclic) bond motifs is 11. The van der Waals surface area contributed by atoms with E-state index in [1.807, 2.05) is 11.8 Å². The van der Waals surface area contributed by atoms with Crippen LogP contribution in [0, 0.1) is 0 Å². The summed E-state index contributed by atoms with van der Waals surface area (Å²) in [6.07, 6.45) is 0. The zero-order valence-electron chi connectivity index (χ0n) is 30.6. The highest BCUT2D eigenvalue weighted by atomic mass is 32.2. The van der Waals surface area contributed by atoms with Crippen LogP contribution in [0.15, 0.2) is 228 Å². The van der Waals surface area contributed by atoms with Crippen LogP contribution >= 0.6 is 11.8 Å². The second-order valence-corrected chi connectivity index (χ2v) is 15.5. The van der Waals surface area contributed by atoms with E-state index in [-0.39, 0.29) is 0 Å². The van der Waals surface area contributed by atoms with Gasteiger partial charge in [0.2, 0.25) is 0 Å². The highest BCUT2D eigenvalue weighted by Crippen LogP contribution is 2.64. The van der Waals surface area contributed by atoms with Gasteiger partial charge in [0.25, 0.3) is 0 Å². The van der Waals surface area contributed by atoms with Crippen LogP contribution in [-0.4, -0.2) is 0 Å². The number of nitrogens with zero attached hydrogens (tertiary/aromatic N) is 2. The summed E-state index contributed by atoms with van der Waals surface area (Å²) in [5.74, 6) is 0. The molecule has 2 aliphatic rings. The maximum absolute atomic E-state index is 2.48. The zero-order valence-corrected chi connectivity index (χ0v) is 31.4. The molecule has 0 aromatic heterocycles. The van der Waals surface area contributed by atoms with Crippen LogP contribution in [0.4, 0.5) is 34.1 Å². The molecule has 11 rings (SSSR count). The van der Waals surface area contributed by atoms with Gasteiger partial charge in [0.1, 0.15) is 0 Å². The Morgan fingerprint density at radius 1 is 0.321 bits per heavy atom. The van der Waals surface area contributed by atoms with E-state index in [1.54, 1.807) is 0 Å². The second-order valence-electron chi connectivity index (χ2n) is 14.5. The number of benzene rings is 9. The van der Waals surface area contributed by atoms with Crippen LogP contribution in [-0.2, 0) is 5.41 Å². The molecule has 56 heavy (non-hydrogen) atoms. The van der Waals surface area contributed by atoms with E-state index in [1.165, 1.54) is 53.9 Å². The van der Waals surface area contributed by atoms with Gasteiger partial charge in [0.15, 0.2) is 0 Å². The molecule has 1 aliphatic heterocycles. The highest BCUT2D eigenvalue weighted by molar-refractivity contribution is 7.99. The molecule has 0 amide bonds. The average Bonchev–Trinajstić information content (AvgIpc) is 3.55. The van der Waals surface area contributed by atoms with E-state index in [0.29, 0.717) is 0 Å². The van der Waals surface area contributed by atoms with Gasteiger partial charge < -0.3 is 9.80 Å².